The van der Waals surface area contributed by atoms with E-state index in [9.17, 15) is 17.6 Å². The number of ether oxygens (including phenoxy) is 1. The van der Waals surface area contributed by atoms with Crippen LogP contribution >= 0.6 is 11.8 Å². The lowest BCUT2D eigenvalue weighted by Gasteiger charge is -2.09. The van der Waals surface area contributed by atoms with E-state index in [0.717, 1.165) is 10.5 Å². The molecular formula is C17H18FNO5S2. The predicted molar refractivity (Wildman–Crippen MR) is 96.7 cm³/mol. The van der Waals surface area contributed by atoms with Crippen LogP contribution in [0.25, 0.3) is 0 Å². The number of alkyl halides is 1. The lowest BCUT2D eigenvalue weighted by atomic mass is 10.2. The third-order valence-electron chi connectivity index (χ3n) is 3.25. The maximum Gasteiger partial charge on any atom is 0.378 e. The zero-order chi connectivity index (χ0) is 19.2. The highest BCUT2D eigenvalue weighted by molar-refractivity contribution is 7.99. The number of carboxylic acid groups (broad SMARTS) is 1. The number of nitrogens with one attached hydrogen (secondary N) is 1. The third kappa shape index (κ3) is 6.01. The van der Waals surface area contributed by atoms with Crippen molar-refractivity contribution in [1.29, 1.82) is 0 Å². The summed E-state index contributed by atoms with van der Waals surface area (Å²) in [6, 6.07) is 12.8. The molecule has 1 atom stereocenters. The molecule has 6 nitrogen and oxygen atoms in total. The number of sulfonamides is 1. The fourth-order valence-corrected chi connectivity index (χ4v) is 3.86. The largest absolute Gasteiger partial charge is 0.476 e. The summed E-state index contributed by atoms with van der Waals surface area (Å²) in [4.78, 5) is 11.4. The van der Waals surface area contributed by atoms with Crippen molar-refractivity contribution in [2.45, 2.75) is 23.1 Å². The molecule has 0 bridgehead atoms. The molecule has 2 aromatic carbocycles. The molecule has 0 aromatic heterocycles. The van der Waals surface area contributed by atoms with Gasteiger partial charge in [0.15, 0.2) is 0 Å². The fraction of sp³-hybridized carbons (Fsp3) is 0.235. The number of hydrogen-bond donors (Lipinski definition) is 2. The maximum absolute atomic E-state index is 12.9. The average molecular weight is 399 g/mol. The Morgan fingerprint density at radius 3 is 2.38 bits per heavy atom. The molecular weight excluding hydrogens is 381 g/mol. The van der Waals surface area contributed by atoms with E-state index in [2.05, 4.69) is 9.46 Å². The highest BCUT2D eigenvalue weighted by Crippen LogP contribution is 2.22. The van der Waals surface area contributed by atoms with Gasteiger partial charge in [0.05, 0.1) is 4.90 Å². The van der Waals surface area contributed by atoms with Crippen LogP contribution in [-0.4, -0.2) is 38.1 Å². The molecule has 0 spiro atoms. The van der Waals surface area contributed by atoms with E-state index in [1.807, 2.05) is 6.92 Å². The normalized spacial score (nSPS) is 12.5. The third-order valence-corrected chi connectivity index (χ3v) is 5.74. The van der Waals surface area contributed by atoms with Crippen LogP contribution in [-0.2, 0) is 14.8 Å². The summed E-state index contributed by atoms with van der Waals surface area (Å²) in [7, 11) is -3.54. The molecule has 1 unspecified atom stereocenters. The number of hydrogen-bond acceptors (Lipinski definition) is 5. The van der Waals surface area contributed by atoms with Crippen molar-refractivity contribution in [2.75, 3.05) is 12.3 Å². The molecule has 9 heteroatoms. The molecule has 2 N–H and O–H groups in total. The van der Waals surface area contributed by atoms with Gasteiger partial charge in [-0.3, -0.25) is 0 Å². The lowest BCUT2D eigenvalue weighted by molar-refractivity contribution is -0.153. The Morgan fingerprint density at radius 1 is 1.19 bits per heavy atom. The number of thioether (sulfide) groups is 1. The van der Waals surface area contributed by atoms with Gasteiger partial charge in [-0.2, -0.15) is 4.39 Å². The summed E-state index contributed by atoms with van der Waals surface area (Å²) >= 11 is 1.40. The molecule has 0 aliphatic rings. The minimum absolute atomic E-state index is 0.101. The molecule has 0 heterocycles. The number of halogens is 1. The second-order valence-electron chi connectivity index (χ2n) is 5.30. The Morgan fingerprint density at radius 2 is 1.81 bits per heavy atom. The summed E-state index contributed by atoms with van der Waals surface area (Å²) in [5, 5.41) is 8.44. The first kappa shape index (κ1) is 20.2. The van der Waals surface area contributed by atoms with Gasteiger partial charge in [0.25, 0.3) is 0 Å². The number of benzene rings is 2. The lowest BCUT2D eigenvalue weighted by Crippen LogP contribution is -2.26. The number of aliphatic carboxylic acids is 1. The summed E-state index contributed by atoms with van der Waals surface area (Å²) in [6.45, 7) is 2.12. The van der Waals surface area contributed by atoms with Crippen molar-refractivity contribution < 1.29 is 27.4 Å². The predicted octanol–water partition coefficient (Wildman–Crippen LogP) is 2.82. The van der Waals surface area contributed by atoms with Crippen LogP contribution in [0.1, 0.15) is 5.56 Å². The second-order valence-corrected chi connectivity index (χ2v) is 8.24. The van der Waals surface area contributed by atoms with E-state index in [4.69, 9.17) is 5.11 Å². The van der Waals surface area contributed by atoms with E-state index >= 15 is 0 Å². The van der Waals surface area contributed by atoms with Gasteiger partial charge < -0.3 is 9.84 Å². The smallest absolute Gasteiger partial charge is 0.378 e. The molecule has 140 valence electrons. The van der Waals surface area contributed by atoms with Gasteiger partial charge in [-0.15, -0.1) is 11.8 Å². The zero-order valence-electron chi connectivity index (χ0n) is 13.9. The standard InChI is InChI=1S/C17H18FNO5S2/c1-12-2-8-15(9-3-12)26(22,23)19-10-11-25-14-6-4-13(5-7-14)24-16(18)17(20)21/h2-9,16,19H,10-11H2,1H3,(H,20,21). The van der Waals surface area contributed by atoms with Crippen LogP contribution in [0.5, 0.6) is 5.75 Å². The Balaban J connectivity index is 1.80. The molecule has 2 aromatic rings. The van der Waals surface area contributed by atoms with E-state index in [-0.39, 0.29) is 17.2 Å². The van der Waals surface area contributed by atoms with Crippen molar-refractivity contribution in [2.24, 2.45) is 0 Å². The summed E-state index contributed by atoms with van der Waals surface area (Å²) in [5.74, 6) is -1.10. The number of carboxylic acids is 1. The number of aryl methyl sites for hydroxylation is 1. The molecule has 2 rings (SSSR count). The van der Waals surface area contributed by atoms with Gasteiger partial charge in [-0.1, -0.05) is 17.7 Å². The van der Waals surface area contributed by atoms with E-state index < -0.39 is 22.4 Å². The summed E-state index contributed by atoms with van der Waals surface area (Å²) in [6.07, 6.45) is -2.41. The molecule has 0 aliphatic carbocycles. The van der Waals surface area contributed by atoms with Crippen molar-refractivity contribution in [3.05, 3.63) is 54.1 Å². The van der Waals surface area contributed by atoms with Crippen LogP contribution in [0.4, 0.5) is 4.39 Å². The van der Waals surface area contributed by atoms with Crippen molar-refractivity contribution in [1.82, 2.24) is 4.72 Å². The minimum Gasteiger partial charge on any atom is -0.476 e. The Hall–Kier alpha value is -2.10. The first-order valence-corrected chi connectivity index (χ1v) is 10.1. The van der Waals surface area contributed by atoms with E-state index in [1.54, 1.807) is 36.4 Å². The molecule has 0 amide bonds. The molecule has 0 fully saturated rings. The molecule has 0 radical (unpaired) electrons. The van der Waals surface area contributed by atoms with Crippen LogP contribution in [0.3, 0.4) is 0 Å². The molecule has 0 saturated heterocycles. The van der Waals surface area contributed by atoms with Crippen molar-refractivity contribution in [3.8, 4) is 5.75 Å². The van der Waals surface area contributed by atoms with Gasteiger partial charge in [0.1, 0.15) is 5.75 Å². The van der Waals surface area contributed by atoms with Crippen LogP contribution in [0.2, 0.25) is 0 Å². The first-order valence-electron chi connectivity index (χ1n) is 7.61. The molecule has 26 heavy (non-hydrogen) atoms. The maximum atomic E-state index is 12.9. The van der Waals surface area contributed by atoms with Crippen molar-refractivity contribution >= 4 is 27.8 Å². The van der Waals surface area contributed by atoms with Gasteiger partial charge in [0, 0.05) is 17.2 Å². The highest BCUT2D eigenvalue weighted by atomic mass is 32.2. The Kier molecular flexibility index (Phi) is 7.01. The van der Waals surface area contributed by atoms with Crippen molar-refractivity contribution in [3.63, 3.8) is 0 Å². The molecule has 0 aliphatic heterocycles. The van der Waals surface area contributed by atoms with Gasteiger partial charge >= 0.3 is 12.3 Å². The highest BCUT2D eigenvalue weighted by Gasteiger charge is 2.17. The Labute approximate surface area is 155 Å². The van der Waals surface area contributed by atoms with Crippen LogP contribution in [0.15, 0.2) is 58.3 Å². The fourth-order valence-electron chi connectivity index (χ4n) is 1.93. The summed E-state index contributed by atoms with van der Waals surface area (Å²) in [5.41, 5.74) is 0.981. The number of carbonyl (C=O) groups is 1. The molecule has 0 saturated carbocycles. The quantitative estimate of drug-likeness (QED) is 0.498. The minimum atomic E-state index is -3.54. The first-order chi connectivity index (χ1) is 12.3. The zero-order valence-corrected chi connectivity index (χ0v) is 15.5. The Bertz CT molecular complexity index is 838. The summed E-state index contributed by atoms with van der Waals surface area (Å²) < 4.78 is 44.3. The monoisotopic (exact) mass is 399 g/mol. The van der Waals surface area contributed by atoms with Crippen LogP contribution < -0.4 is 9.46 Å². The van der Waals surface area contributed by atoms with E-state index in [0.29, 0.717) is 5.75 Å². The van der Waals surface area contributed by atoms with Crippen LogP contribution in [0, 0.1) is 6.92 Å². The SMILES string of the molecule is Cc1ccc(S(=O)(=O)NCCSc2ccc(OC(F)C(=O)O)cc2)cc1. The van der Waals surface area contributed by atoms with Gasteiger partial charge in [-0.05, 0) is 43.3 Å². The topological polar surface area (TPSA) is 92.7 Å². The van der Waals surface area contributed by atoms with Gasteiger partial charge in [0.2, 0.25) is 10.0 Å². The average Bonchev–Trinajstić information content (AvgIpc) is 2.60. The number of rotatable bonds is 9. The second kappa shape index (κ2) is 9.02. The van der Waals surface area contributed by atoms with E-state index in [1.165, 1.54) is 23.9 Å². The van der Waals surface area contributed by atoms with Gasteiger partial charge in [-0.25, -0.2) is 17.9 Å².